The molecule has 0 radical (unpaired) electrons. The molecule has 1 aliphatic heterocycles. The van der Waals surface area contributed by atoms with E-state index in [-0.39, 0.29) is 0 Å². The van der Waals surface area contributed by atoms with Gasteiger partial charge in [-0.05, 0) is 0 Å². The maximum atomic E-state index is 5.30. The highest BCUT2D eigenvalue weighted by molar-refractivity contribution is 8.13. The number of amidine groups is 1. The lowest BCUT2D eigenvalue weighted by atomic mass is 10.7. The molecule has 0 fully saturated rings. The molecule has 0 saturated heterocycles. The van der Waals surface area contributed by atoms with Crippen LogP contribution >= 0.6 is 11.8 Å². The molecule has 0 unspecified atom stereocenters. The average Bonchev–Trinajstić information content (AvgIpc) is 2.34. The van der Waals surface area contributed by atoms with Crippen LogP contribution in [-0.2, 0) is 0 Å². The van der Waals surface area contributed by atoms with Gasteiger partial charge in [0.15, 0.2) is 5.17 Å². The van der Waals surface area contributed by atoms with Crippen LogP contribution in [0.5, 0.6) is 0 Å². The van der Waals surface area contributed by atoms with Crippen LogP contribution in [-0.4, -0.2) is 30.6 Å². The van der Waals surface area contributed by atoms with E-state index in [9.17, 15) is 0 Å². The molecule has 3 N–H and O–H groups in total. The third kappa shape index (κ3) is 2.24. The Kier molecular flexibility index (Phi) is 2.86. The molecule has 0 aromatic rings. The summed E-state index contributed by atoms with van der Waals surface area (Å²) in [4.78, 5) is 4.19. The first-order valence-electron chi connectivity index (χ1n) is 3.04. The van der Waals surface area contributed by atoms with Crippen LogP contribution in [0.25, 0.3) is 0 Å². The van der Waals surface area contributed by atoms with Gasteiger partial charge in [-0.1, -0.05) is 11.8 Å². The summed E-state index contributed by atoms with van der Waals surface area (Å²) in [7, 11) is 0. The second kappa shape index (κ2) is 3.74. The first-order valence-corrected chi connectivity index (χ1v) is 4.03. The van der Waals surface area contributed by atoms with Gasteiger partial charge in [0.2, 0.25) is 0 Å². The van der Waals surface area contributed by atoms with Crippen LogP contribution in [0.2, 0.25) is 0 Å². The fraction of sp³-hybridized carbons (Fsp3) is 0.800. The van der Waals surface area contributed by atoms with Crippen molar-refractivity contribution in [1.29, 1.82) is 0 Å². The standard InChI is InChI=1S/C5H11N3S/c6-1-4-9-5-7-2-3-8-5/h1-4,6H2,(H,7,8). The summed E-state index contributed by atoms with van der Waals surface area (Å²) in [6, 6.07) is 0. The minimum Gasteiger partial charge on any atom is -0.363 e. The van der Waals surface area contributed by atoms with Gasteiger partial charge < -0.3 is 11.1 Å². The van der Waals surface area contributed by atoms with E-state index in [0.717, 1.165) is 30.6 Å². The number of hydrogen-bond donors (Lipinski definition) is 2. The van der Waals surface area contributed by atoms with E-state index < -0.39 is 0 Å². The zero-order valence-corrected chi connectivity index (χ0v) is 6.08. The molecule has 1 aliphatic rings. The van der Waals surface area contributed by atoms with Gasteiger partial charge in [-0.2, -0.15) is 0 Å². The number of nitrogens with zero attached hydrogens (tertiary/aromatic N) is 1. The molecule has 0 aliphatic carbocycles. The normalized spacial score (nSPS) is 17.2. The van der Waals surface area contributed by atoms with Gasteiger partial charge in [-0.15, -0.1) is 0 Å². The van der Waals surface area contributed by atoms with Crippen molar-refractivity contribution in [2.75, 3.05) is 25.4 Å². The Morgan fingerprint density at radius 3 is 3.22 bits per heavy atom. The zero-order valence-electron chi connectivity index (χ0n) is 5.26. The zero-order chi connectivity index (χ0) is 6.53. The van der Waals surface area contributed by atoms with E-state index in [2.05, 4.69) is 10.3 Å². The molecule has 0 atom stereocenters. The maximum Gasteiger partial charge on any atom is 0.156 e. The van der Waals surface area contributed by atoms with E-state index in [0.29, 0.717) is 0 Å². The number of thioether (sulfide) groups is 1. The topological polar surface area (TPSA) is 50.4 Å². The largest absolute Gasteiger partial charge is 0.363 e. The Labute approximate surface area is 59.1 Å². The SMILES string of the molecule is NCCSC1=NCCN1. The van der Waals surface area contributed by atoms with Crippen LogP contribution in [0.3, 0.4) is 0 Å². The van der Waals surface area contributed by atoms with Gasteiger partial charge in [0.25, 0.3) is 0 Å². The minimum absolute atomic E-state index is 0.728. The van der Waals surface area contributed by atoms with Crippen molar-refractivity contribution in [1.82, 2.24) is 5.32 Å². The summed E-state index contributed by atoms with van der Waals surface area (Å²) >= 11 is 1.70. The highest BCUT2D eigenvalue weighted by Crippen LogP contribution is 2.02. The van der Waals surface area contributed by atoms with Gasteiger partial charge in [-0.3, -0.25) is 4.99 Å². The summed E-state index contributed by atoms with van der Waals surface area (Å²) in [5.41, 5.74) is 5.30. The molecule has 3 nitrogen and oxygen atoms in total. The molecular weight excluding hydrogens is 134 g/mol. The van der Waals surface area contributed by atoms with Crippen molar-refractivity contribution < 1.29 is 0 Å². The lowest BCUT2D eigenvalue weighted by molar-refractivity contribution is 0.963. The van der Waals surface area contributed by atoms with Crippen LogP contribution in [0.15, 0.2) is 4.99 Å². The first kappa shape index (κ1) is 6.89. The van der Waals surface area contributed by atoms with Crippen LogP contribution in [0, 0.1) is 0 Å². The first-order chi connectivity index (χ1) is 4.43. The number of aliphatic imine (C=N–C) groups is 1. The third-order valence-corrected chi connectivity index (χ3v) is 1.99. The van der Waals surface area contributed by atoms with Crippen LogP contribution in [0.1, 0.15) is 0 Å². The molecule has 9 heavy (non-hydrogen) atoms. The lowest BCUT2D eigenvalue weighted by Gasteiger charge is -1.97. The molecule has 4 heteroatoms. The fourth-order valence-electron chi connectivity index (χ4n) is 0.628. The van der Waals surface area contributed by atoms with Crippen molar-refractivity contribution >= 4 is 16.9 Å². The number of hydrogen-bond acceptors (Lipinski definition) is 4. The van der Waals surface area contributed by atoms with Gasteiger partial charge in [0.05, 0.1) is 6.54 Å². The van der Waals surface area contributed by atoms with Crippen molar-refractivity contribution in [2.45, 2.75) is 0 Å². The number of nitrogens with one attached hydrogen (secondary N) is 1. The van der Waals surface area contributed by atoms with E-state index in [1.807, 2.05) is 0 Å². The molecule has 52 valence electrons. The van der Waals surface area contributed by atoms with Gasteiger partial charge in [0, 0.05) is 18.8 Å². The summed E-state index contributed by atoms with van der Waals surface area (Å²) in [6.07, 6.45) is 0. The monoisotopic (exact) mass is 145 g/mol. The Balaban J connectivity index is 2.11. The maximum absolute atomic E-state index is 5.30. The van der Waals surface area contributed by atoms with E-state index in [1.54, 1.807) is 11.8 Å². The summed E-state index contributed by atoms with van der Waals surface area (Å²) in [6.45, 7) is 2.64. The van der Waals surface area contributed by atoms with Crippen molar-refractivity contribution in [3.63, 3.8) is 0 Å². The van der Waals surface area contributed by atoms with E-state index in [4.69, 9.17) is 5.73 Å². The second-order valence-corrected chi connectivity index (χ2v) is 2.83. The smallest absolute Gasteiger partial charge is 0.156 e. The lowest BCUT2D eigenvalue weighted by Crippen LogP contribution is -2.16. The molecule has 0 aromatic heterocycles. The van der Waals surface area contributed by atoms with Crippen molar-refractivity contribution in [3.8, 4) is 0 Å². The van der Waals surface area contributed by atoms with Crippen molar-refractivity contribution in [2.24, 2.45) is 10.7 Å². The Bertz CT molecular complexity index is 113. The second-order valence-electron chi connectivity index (χ2n) is 1.75. The van der Waals surface area contributed by atoms with Crippen LogP contribution in [0.4, 0.5) is 0 Å². The molecule has 0 bridgehead atoms. The highest BCUT2D eigenvalue weighted by atomic mass is 32.2. The summed E-state index contributed by atoms with van der Waals surface area (Å²) < 4.78 is 0. The third-order valence-electron chi connectivity index (χ3n) is 1.00. The molecular formula is C5H11N3S. The Morgan fingerprint density at radius 1 is 1.78 bits per heavy atom. The number of rotatable bonds is 2. The Hall–Kier alpha value is -0.220. The molecule has 1 heterocycles. The molecule has 0 spiro atoms. The predicted octanol–water partition coefficient (Wildman–Crippen LogP) is -0.362. The predicted molar refractivity (Wildman–Crippen MR) is 41.8 cm³/mol. The summed E-state index contributed by atoms with van der Waals surface area (Å²) in [5, 5.41) is 4.20. The molecule has 0 aromatic carbocycles. The summed E-state index contributed by atoms with van der Waals surface area (Å²) in [5.74, 6) is 0.964. The molecule has 0 saturated carbocycles. The molecule has 0 amide bonds. The van der Waals surface area contributed by atoms with Crippen molar-refractivity contribution in [3.05, 3.63) is 0 Å². The number of nitrogens with two attached hydrogens (primary N) is 1. The van der Waals surface area contributed by atoms with E-state index >= 15 is 0 Å². The quantitative estimate of drug-likeness (QED) is 0.558. The molecule has 1 rings (SSSR count). The Morgan fingerprint density at radius 2 is 2.67 bits per heavy atom. The van der Waals surface area contributed by atoms with Crippen LogP contribution < -0.4 is 11.1 Å². The van der Waals surface area contributed by atoms with Gasteiger partial charge in [-0.25, -0.2) is 0 Å². The van der Waals surface area contributed by atoms with Gasteiger partial charge >= 0.3 is 0 Å². The van der Waals surface area contributed by atoms with E-state index in [1.165, 1.54) is 0 Å². The van der Waals surface area contributed by atoms with Gasteiger partial charge in [0.1, 0.15) is 0 Å². The fourth-order valence-corrected chi connectivity index (χ4v) is 1.33. The minimum atomic E-state index is 0.728. The highest BCUT2D eigenvalue weighted by Gasteiger charge is 2.02. The average molecular weight is 145 g/mol.